The lowest BCUT2D eigenvalue weighted by molar-refractivity contribution is 0.0674. The molecule has 1 aromatic rings. The van der Waals surface area contributed by atoms with E-state index in [1.807, 2.05) is 7.05 Å². The van der Waals surface area contributed by atoms with Crippen molar-refractivity contribution in [2.75, 3.05) is 20.1 Å². The maximum atomic E-state index is 14.7. The fourth-order valence-corrected chi connectivity index (χ4v) is 2.22. The van der Waals surface area contributed by atoms with E-state index in [4.69, 9.17) is 10.0 Å². The van der Waals surface area contributed by atoms with Crippen LogP contribution in [0.25, 0.3) is 0 Å². The van der Waals surface area contributed by atoms with Crippen LogP contribution in [0.5, 0.6) is 0 Å². The quantitative estimate of drug-likeness (QED) is 0.725. The highest BCUT2D eigenvalue weighted by Gasteiger charge is 2.35. The van der Waals surface area contributed by atoms with Crippen molar-refractivity contribution in [2.45, 2.75) is 18.5 Å². The van der Waals surface area contributed by atoms with E-state index in [1.165, 1.54) is 0 Å². The third-order valence-electron chi connectivity index (χ3n) is 3.51. The molecule has 3 nitrogen and oxygen atoms in total. The number of piperidine rings is 1. The lowest BCUT2D eigenvalue weighted by Gasteiger charge is -2.34. The minimum absolute atomic E-state index is 0.394. The topological polar surface area (TPSA) is 43.7 Å². The molecule has 0 unspecified atom stereocenters. The molecule has 1 aliphatic heterocycles. The molecule has 1 saturated heterocycles. The molecule has 5 heteroatoms. The van der Waals surface area contributed by atoms with Gasteiger partial charge in [0.25, 0.3) is 0 Å². The molecular formula is C12H17BFNO2. The Balaban J connectivity index is 2.16. The van der Waals surface area contributed by atoms with E-state index in [0.29, 0.717) is 23.9 Å². The van der Waals surface area contributed by atoms with Crippen LogP contribution in [0.2, 0.25) is 0 Å². The molecule has 1 fully saturated rings. The number of hydrogen-bond acceptors (Lipinski definition) is 3. The predicted molar refractivity (Wildman–Crippen MR) is 65.8 cm³/mol. The highest BCUT2D eigenvalue weighted by molar-refractivity contribution is 6.58. The first-order valence-corrected chi connectivity index (χ1v) is 5.85. The second kappa shape index (κ2) is 4.76. The van der Waals surface area contributed by atoms with Crippen LogP contribution in [-0.4, -0.2) is 42.2 Å². The second-order valence-electron chi connectivity index (χ2n) is 4.76. The van der Waals surface area contributed by atoms with Gasteiger partial charge in [-0.2, -0.15) is 0 Å². The van der Waals surface area contributed by atoms with Gasteiger partial charge < -0.3 is 14.9 Å². The monoisotopic (exact) mass is 237 g/mol. The summed E-state index contributed by atoms with van der Waals surface area (Å²) in [5, 5.41) is 18.0. The summed E-state index contributed by atoms with van der Waals surface area (Å²) in [6.07, 6.45) is 0.981. The van der Waals surface area contributed by atoms with E-state index < -0.39 is 12.8 Å². The maximum Gasteiger partial charge on any atom is 0.488 e. The van der Waals surface area contributed by atoms with Crippen LogP contribution in [0, 0.1) is 0 Å². The molecule has 1 heterocycles. The molecule has 2 N–H and O–H groups in total. The van der Waals surface area contributed by atoms with Crippen LogP contribution >= 0.6 is 0 Å². The third kappa shape index (κ3) is 2.68. The van der Waals surface area contributed by atoms with Crippen molar-refractivity contribution >= 4 is 12.6 Å². The van der Waals surface area contributed by atoms with Crippen molar-refractivity contribution in [2.24, 2.45) is 0 Å². The van der Waals surface area contributed by atoms with Crippen molar-refractivity contribution in [1.82, 2.24) is 4.90 Å². The number of halogens is 1. The normalized spacial score (nSPS) is 20.2. The SMILES string of the molecule is CN1CCC(F)(c2ccc(B(O)O)cc2)CC1. The van der Waals surface area contributed by atoms with Gasteiger partial charge in [0.1, 0.15) is 5.67 Å². The van der Waals surface area contributed by atoms with E-state index >= 15 is 0 Å². The molecule has 2 rings (SSSR count). The Bertz CT molecular complexity index is 375. The van der Waals surface area contributed by atoms with Gasteiger partial charge in [0.05, 0.1) is 0 Å². The fraction of sp³-hybridized carbons (Fsp3) is 0.500. The van der Waals surface area contributed by atoms with E-state index in [2.05, 4.69) is 4.90 Å². The van der Waals surface area contributed by atoms with Crippen LogP contribution in [0.1, 0.15) is 18.4 Å². The molecule has 0 saturated carbocycles. The second-order valence-corrected chi connectivity index (χ2v) is 4.76. The van der Waals surface area contributed by atoms with Crippen molar-refractivity contribution in [1.29, 1.82) is 0 Å². The summed E-state index contributed by atoms with van der Waals surface area (Å²) < 4.78 is 14.7. The molecule has 0 aliphatic carbocycles. The smallest absolute Gasteiger partial charge is 0.423 e. The minimum Gasteiger partial charge on any atom is -0.423 e. The van der Waals surface area contributed by atoms with Gasteiger partial charge in [-0.15, -0.1) is 0 Å². The Kier molecular flexibility index (Phi) is 3.52. The largest absolute Gasteiger partial charge is 0.488 e. The summed E-state index contributed by atoms with van der Waals surface area (Å²) in [4.78, 5) is 2.11. The molecule has 1 aliphatic rings. The van der Waals surface area contributed by atoms with Crippen LogP contribution in [-0.2, 0) is 5.67 Å². The molecule has 0 bridgehead atoms. The summed E-state index contributed by atoms with van der Waals surface area (Å²) in [7, 11) is 0.502. The first kappa shape index (κ1) is 12.5. The average molecular weight is 237 g/mol. The summed E-state index contributed by atoms with van der Waals surface area (Å²) in [5.41, 5.74) is -0.244. The molecule has 17 heavy (non-hydrogen) atoms. The van der Waals surface area contributed by atoms with Gasteiger partial charge in [0.15, 0.2) is 0 Å². The molecule has 0 radical (unpaired) electrons. The Morgan fingerprint density at radius 2 is 1.71 bits per heavy atom. The maximum absolute atomic E-state index is 14.7. The summed E-state index contributed by atoms with van der Waals surface area (Å²) in [5.74, 6) is 0. The van der Waals surface area contributed by atoms with Gasteiger partial charge in [-0.05, 0) is 30.9 Å². The average Bonchev–Trinajstić information content (AvgIpc) is 2.33. The molecule has 0 amide bonds. The molecule has 92 valence electrons. The highest BCUT2D eigenvalue weighted by atomic mass is 19.1. The van der Waals surface area contributed by atoms with Crippen molar-refractivity contribution in [3.8, 4) is 0 Å². The van der Waals surface area contributed by atoms with Crippen LogP contribution < -0.4 is 5.46 Å². The number of rotatable bonds is 2. The lowest BCUT2D eigenvalue weighted by atomic mass is 9.78. The Labute approximate surface area is 101 Å². The van der Waals surface area contributed by atoms with Gasteiger partial charge in [-0.3, -0.25) is 0 Å². The molecular weight excluding hydrogens is 220 g/mol. The Morgan fingerprint density at radius 1 is 1.18 bits per heavy atom. The lowest BCUT2D eigenvalue weighted by Crippen LogP contribution is -2.38. The first-order valence-electron chi connectivity index (χ1n) is 5.85. The van der Waals surface area contributed by atoms with Crippen molar-refractivity contribution < 1.29 is 14.4 Å². The standard InChI is InChI=1S/C12H17BFNO2/c1-15-8-6-12(14,7-9-15)10-2-4-11(5-3-10)13(16)17/h2-5,16-17H,6-9H2,1H3. The van der Waals surface area contributed by atoms with E-state index in [-0.39, 0.29) is 0 Å². The van der Waals surface area contributed by atoms with Crippen LogP contribution in [0.4, 0.5) is 4.39 Å². The number of likely N-dealkylation sites (tertiary alicyclic amines) is 1. The zero-order chi connectivity index (χ0) is 12.5. The summed E-state index contributed by atoms with van der Waals surface area (Å²) >= 11 is 0. The van der Waals surface area contributed by atoms with Crippen LogP contribution in [0.15, 0.2) is 24.3 Å². The number of nitrogens with zero attached hydrogens (tertiary/aromatic N) is 1. The van der Waals surface area contributed by atoms with E-state index in [0.717, 1.165) is 13.1 Å². The van der Waals surface area contributed by atoms with Gasteiger partial charge in [-0.1, -0.05) is 24.3 Å². The molecule has 0 atom stereocenters. The zero-order valence-electron chi connectivity index (χ0n) is 9.93. The predicted octanol–water partition coefficient (Wildman–Crippen LogP) is 0.257. The van der Waals surface area contributed by atoms with E-state index in [1.54, 1.807) is 24.3 Å². The number of hydrogen-bond donors (Lipinski definition) is 2. The van der Waals surface area contributed by atoms with Gasteiger partial charge in [0, 0.05) is 13.1 Å². The zero-order valence-corrected chi connectivity index (χ0v) is 9.93. The Hall–Kier alpha value is -0.905. The highest BCUT2D eigenvalue weighted by Crippen LogP contribution is 2.36. The third-order valence-corrected chi connectivity index (χ3v) is 3.51. The van der Waals surface area contributed by atoms with Crippen molar-refractivity contribution in [3.05, 3.63) is 29.8 Å². The Morgan fingerprint density at radius 3 is 2.18 bits per heavy atom. The van der Waals surface area contributed by atoms with E-state index in [9.17, 15) is 4.39 Å². The molecule has 0 spiro atoms. The fourth-order valence-electron chi connectivity index (χ4n) is 2.22. The van der Waals surface area contributed by atoms with Crippen LogP contribution in [0.3, 0.4) is 0 Å². The summed E-state index contributed by atoms with van der Waals surface area (Å²) in [6, 6.07) is 6.44. The first-order chi connectivity index (χ1) is 8.01. The molecule has 0 aromatic heterocycles. The molecule has 1 aromatic carbocycles. The van der Waals surface area contributed by atoms with Gasteiger partial charge >= 0.3 is 7.12 Å². The summed E-state index contributed by atoms with van der Waals surface area (Å²) in [6.45, 7) is 1.50. The van der Waals surface area contributed by atoms with Crippen molar-refractivity contribution in [3.63, 3.8) is 0 Å². The van der Waals surface area contributed by atoms with Gasteiger partial charge in [0.2, 0.25) is 0 Å². The number of benzene rings is 1. The number of alkyl halides is 1. The minimum atomic E-state index is -1.49. The van der Waals surface area contributed by atoms with Gasteiger partial charge in [-0.25, -0.2) is 4.39 Å².